The second-order valence-corrected chi connectivity index (χ2v) is 10.7. The van der Waals surface area contributed by atoms with Crippen molar-refractivity contribution >= 4 is 40.7 Å². The Morgan fingerprint density at radius 3 is 2.15 bits per heavy atom. The average molecular weight is 552 g/mol. The Bertz CT molecular complexity index is 1750. The van der Waals surface area contributed by atoms with E-state index >= 15 is 4.39 Å². The molecule has 0 aromatic heterocycles. The van der Waals surface area contributed by atoms with E-state index in [1.807, 2.05) is 0 Å². The van der Waals surface area contributed by atoms with Crippen LogP contribution in [-0.2, 0) is 0 Å². The molecule has 0 amide bonds. The standard InChI is InChI=1S/C33H20ClF2NO3/c34-20-12-9-18(10-13-20)30(38)29-28(24-7-3-4-8-25(24)36)33(31(39)22-5-1-2-6-23(22)32(33)40)27-16-11-19-17-21(35)14-15-26(19)37(27)29/h1-17,27-29H/t27-,28-,29-/m0/s1. The number of anilines is 1. The molecule has 1 saturated heterocycles. The highest BCUT2D eigenvalue weighted by atomic mass is 35.5. The van der Waals surface area contributed by atoms with E-state index in [2.05, 4.69) is 0 Å². The van der Waals surface area contributed by atoms with Gasteiger partial charge >= 0.3 is 0 Å². The van der Waals surface area contributed by atoms with Gasteiger partial charge in [0.2, 0.25) is 0 Å². The number of rotatable bonds is 3. The van der Waals surface area contributed by atoms with E-state index in [4.69, 9.17) is 11.6 Å². The van der Waals surface area contributed by atoms with Crippen LogP contribution in [0.5, 0.6) is 0 Å². The van der Waals surface area contributed by atoms with Gasteiger partial charge < -0.3 is 4.90 Å². The van der Waals surface area contributed by atoms with E-state index in [0.29, 0.717) is 21.8 Å². The van der Waals surface area contributed by atoms with Crippen LogP contribution in [0.25, 0.3) is 6.08 Å². The number of carbonyl (C=O) groups excluding carboxylic acids is 3. The number of carbonyl (C=O) groups is 3. The summed E-state index contributed by atoms with van der Waals surface area (Å²) in [5, 5.41) is 0.432. The monoisotopic (exact) mass is 551 g/mol. The zero-order valence-electron chi connectivity index (χ0n) is 20.9. The van der Waals surface area contributed by atoms with Crippen LogP contribution in [0.2, 0.25) is 5.02 Å². The number of benzene rings is 4. The van der Waals surface area contributed by atoms with Crippen molar-refractivity contribution in [3.8, 4) is 0 Å². The van der Waals surface area contributed by atoms with Crippen molar-refractivity contribution in [2.75, 3.05) is 4.90 Å². The van der Waals surface area contributed by atoms with Gasteiger partial charge in [-0.1, -0.05) is 66.2 Å². The van der Waals surface area contributed by atoms with Crippen molar-refractivity contribution in [3.63, 3.8) is 0 Å². The molecule has 4 aromatic rings. The van der Waals surface area contributed by atoms with Gasteiger partial charge in [-0.2, -0.15) is 0 Å². The highest BCUT2D eigenvalue weighted by Gasteiger charge is 2.71. The van der Waals surface area contributed by atoms with Gasteiger partial charge in [0.15, 0.2) is 17.3 Å². The quantitative estimate of drug-likeness (QED) is 0.204. The van der Waals surface area contributed by atoms with Crippen LogP contribution in [0.4, 0.5) is 14.5 Å². The van der Waals surface area contributed by atoms with Gasteiger partial charge in [0.25, 0.3) is 0 Å². The van der Waals surface area contributed by atoms with Crippen LogP contribution in [0.15, 0.2) is 97.1 Å². The molecular weight excluding hydrogens is 532 g/mol. The molecule has 1 spiro atoms. The first-order valence-electron chi connectivity index (χ1n) is 12.8. The second kappa shape index (κ2) is 8.80. The lowest BCUT2D eigenvalue weighted by atomic mass is 9.64. The van der Waals surface area contributed by atoms with Crippen LogP contribution >= 0.6 is 11.6 Å². The SMILES string of the molecule is O=C(c1ccc(Cl)cc1)[C@@H]1[C@H](c2ccccc2F)C2(C(=O)c3ccccc3C2=O)[C@@H]2C=Cc3cc(F)ccc3N12. The number of nitrogens with zero attached hydrogens (tertiary/aromatic N) is 1. The molecule has 0 bridgehead atoms. The third kappa shape index (κ3) is 3.20. The van der Waals surface area contributed by atoms with Crippen molar-refractivity contribution in [2.45, 2.75) is 18.0 Å². The maximum atomic E-state index is 15.7. The summed E-state index contributed by atoms with van der Waals surface area (Å²) in [7, 11) is 0. The van der Waals surface area contributed by atoms with Crippen molar-refractivity contribution in [3.05, 3.63) is 142 Å². The van der Waals surface area contributed by atoms with E-state index in [9.17, 15) is 18.8 Å². The van der Waals surface area contributed by atoms with Crippen molar-refractivity contribution < 1.29 is 23.2 Å². The van der Waals surface area contributed by atoms with Gasteiger partial charge in [0.05, 0.1) is 6.04 Å². The molecule has 0 N–H and O–H groups in total. The molecule has 3 atom stereocenters. The second-order valence-electron chi connectivity index (χ2n) is 10.3. The van der Waals surface area contributed by atoms with E-state index in [1.165, 1.54) is 36.4 Å². The molecule has 7 rings (SSSR count). The highest BCUT2D eigenvalue weighted by molar-refractivity contribution is 6.32. The Balaban J connectivity index is 1.56. The Kier molecular flexibility index (Phi) is 5.41. The normalized spacial score (nSPS) is 21.9. The van der Waals surface area contributed by atoms with E-state index < -0.39 is 52.4 Å². The molecule has 4 nitrogen and oxygen atoms in total. The maximum Gasteiger partial charge on any atom is 0.185 e. The maximum absolute atomic E-state index is 15.7. The van der Waals surface area contributed by atoms with Crippen LogP contribution in [-0.4, -0.2) is 29.4 Å². The van der Waals surface area contributed by atoms with Crippen LogP contribution in [0.1, 0.15) is 48.1 Å². The van der Waals surface area contributed by atoms with Gasteiger partial charge in [-0.15, -0.1) is 0 Å². The minimum absolute atomic E-state index is 0.0933. The Morgan fingerprint density at radius 1 is 0.825 bits per heavy atom. The zero-order chi connectivity index (χ0) is 27.8. The Labute approximate surface area is 233 Å². The number of fused-ring (bicyclic) bond motifs is 5. The number of Topliss-reactive ketones (excluding diaryl/α,β-unsaturated/α-hetero) is 3. The zero-order valence-corrected chi connectivity index (χ0v) is 21.6. The van der Waals surface area contributed by atoms with Crippen LogP contribution in [0.3, 0.4) is 0 Å². The van der Waals surface area contributed by atoms with Crippen molar-refractivity contribution in [1.29, 1.82) is 0 Å². The third-order valence-corrected chi connectivity index (χ3v) is 8.66. The molecule has 0 saturated carbocycles. The lowest BCUT2D eigenvalue weighted by Gasteiger charge is -2.37. The minimum atomic E-state index is -1.83. The summed E-state index contributed by atoms with van der Waals surface area (Å²) in [6, 6.07) is 20.8. The molecule has 4 aromatic carbocycles. The van der Waals surface area contributed by atoms with E-state index in [-0.39, 0.29) is 16.7 Å². The smallest absolute Gasteiger partial charge is 0.185 e. The minimum Gasteiger partial charge on any atom is -0.352 e. The Hall–Kier alpha value is -4.42. The fourth-order valence-electron chi connectivity index (χ4n) is 6.80. The van der Waals surface area contributed by atoms with Crippen LogP contribution in [0, 0.1) is 17.0 Å². The molecule has 0 radical (unpaired) electrons. The summed E-state index contributed by atoms with van der Waals surface area (Å²) in [4.78, 5) is 45.2. The molecule has 7 heteroatoms. The summed E-state index contributed by atoms with van der Waals surface area (Å²) < 4.78 is 30.0. The van der Waals surface area contributed by atoms with Crippen molar-refractivity contribution in [2.24, 2.45) is 5.41 Å². The summed E-state index contributed by atoms with van der Waals surface area (Å²) in [5.74, 6) is -3.61. The first-order valence-corrected chi connectivity index (χ1v) is 13.2. The first kappa shape index (κ1) is 24.6. The average Bonchev–Trinajstić information content (AvgIpc) is 3.39. The Morgan fingerprint density at radius 2 is 1.48 bits per heavy atom. The number of ketones is 3. The fourth-order valence-corrected chi connectivity index (χ4v) is 6.93. The van der Waals surface area contributed by atoms with Gasteiger partial charge in [0.1, 0.15) is 23.1 Å². The largest absolute Gasteiger partial charge is 0.352 e. The molecule has 40 heavy (non-hydrogen) atoms. The molecule has 1 fully saturated rings. The highest BCUT2D eigenvalue weighted by Crippen LogP contribution is 2.61. The summed E-state index contributed by atoms with van der Waals surface area (Å²) in [6.45, 7) is 0. The molecule has 3 aliphatic rings. The molecule has 1 aliphatic carbocycles. The summed E-state index contributed by atoms with van der Waals surface area (Å²) >= 11 is 6.10. The predicted octanol–water partition coefficient (Wildman–Crippen LogP) is 6.93. The number of hydrogen-bond donors (Lipinski definition) is 0. The van der Waals surface area contributed by atoms with E-state index in [1.54, 1.807) is 71.6 Å². The topological polar surface area (TPSA) is 54.5 Å². The van der Waals surface area contributed by atoms with Gasteiger partial charge in [0, 0.05) is 38.9 Å². The molecule has 2 aliphatic heterocycles. The molecule has 0 unspecified atom stereocenters. The van der Waals surface area contributed by atoms with Crippen LogP contribution < -0.4 is 4.90 Å². The van der Waals surface area contributed by atoms with Gasteiger partial charge in [-0.25, -0.2) is 8.78 Å². The predicted molar refractivity (Wildman–Crippen MR) is 148 cm³/mol. The van der Waals surface area contributed by atoms with Gasteiger partial charge in [-0.05, 0) is 54.1 Å². The first-order chi connectivity index (χ1) is 19.3. The molecule has 196 valence electrons. The number of hydrogen-bond acceptors (Lipinski definition) is 4. The lowest BCUT2D eigenvalue weighted by molar-refractivity contribution is 0.0664. The summed E-state index contributed by atoms with van der Waals surface area (Å²) in [5.41, 5.74) is 0.0106. The number of halogens is 3. The van der Waals surface area contributed by atoms with Crippen molar-refractivity contribution in [1.82, 2.24) is 0 Å². The lowest BCUT2D eigenvalue weighted by Crippen LogP contribution is -2.48. The van der Waals surface area contributed by atoms with Gasteiger partial charge in [-0.3, -0.25) is 14.4 Å². The molecule has 2 heterocycles. The fraction of sp³-hybridized carbons (Fsp3) is 0.121. The molecular formula is C33H20ClF2NO3. The third-order valence-electron chi connectivity index (χ3n) is 8.40. The van der Waals surface area contributed by atoms with E-state index in [0.717, 1.165) is 0 Å². The summed E-state index contributed by atoms with van der Waals surface area (Å²) in [6.07, 6.45) is 3.34.